The molecule has 0 radical (unpaired) electrons. The summed E-state index contributed by atoms with van der Waals surface area (Å²) in [6.07, 6.45) is 1.54. The smallest absolute Gasteiger partial charge is 0.223 e. The predicted octanol–water partition coefficient (Wildman–Crippen LogP) is 0.584. The van der Waals surface area contributed by atoms with Crippen molar-refractivity contribution in [2.75, 3.05) is 19.3 Å². The first-order valence-corrected chi connectivity index (χ1v) is 8.09. The van der Waals surface area contributed by atoms with E-state index in [0.29, 0.717) is 26.1 Å². The first kappa shape index (κ1) is 14.0. The molecule has 1 aromatic rings. The number of rotatable bonds is 5. The maximum Gasteiger partial charge on any atom is 0.223 e. The second-order valence-corrected chi connectivity index (χ2v) is 6.78. The lowest BCUT2D eigenvalue weighted by Gasteiger charge is -2.16. The number of likely N-dealkylation sites (tertiary alicyclic amines) is 1. The second-order valence-electron chi connectivity index (χ2n) is 4.95. The first-order valence-electron chi connectivity index (χ1n) is 6.20. The lowest BCUT2D eigenvalue weighted by atomic mass is 10.1. The molecule has 1 aromatic carbocycles. The molecule has 0 saturated carbocycles. The minimum atomic E-state index is -3.19. The largest absolute Gasteiger partial charge is 0.338 e. The molecule has 104 valence electrons. The summed E-state index contributed by atoms with van der Waals surface area (Å²) >= 11 is 0. The SMILES string of the molecule is CS(=O)(=O)NCC1CC(=O)N(Cc2ccccc2)C1. The fraction of sp³-hybridized carbons (Fsp3) is 0.462. The lowest BCUT2D eigenvalue weighted by molar-refractivity contribution is -0.128. The molecule has 19 heavy (non-hydrogen) atoms. The van der Waals surface area contributed by atoms with Crippen LogP contribution in [0.3, 0.4) is 0 Å². The molecule has 5 nitrogen and oxygen atoms in total. The van der Waals surface area contributed by atoms with Crippen LogP contribution in [-0.2, 0) is 21.4 Å². The van der Waals surface area contributed by atoms with Crippen LogP contribution in [0.4, 0.5) is 0 Å². The van der Waals surface area contributed by atoms with E-state index < -0.39 is 10.0 Å². The number of carbonyl (C=O) groups is 1. The highest BCUT2D eigenvalue weighted by Crippen LogP contribution is 2.19. The zero-order chi connectivity index (χ0) is 13.9. The van der Waals surface area contributed by atoms with E-state index in [1.807, 2.05) is 30.3 Å². The molecular formula is C13H18N2O3S. The number of sulfonamides is 1. The van der Waals surface area contributed by atoms with Gasteiger partial charge in [-0.05, 0) is 11.5 Å². The van der Waals surface area contributed by atoms with Gasteiger partial charge in [0.25, 0.3) is 0 Å². The van der Waals surface area contributed by atoms with Gasteiger partial charge in [0, 0.05) is 26.1 Å². The number of hydrogen-bond donors (Lipinski definition) is 1. The topological polar surface area (TPSA) is 66.5 Å². The van der Waals surface area contributed by atoms with Crippen LogP contribution in [0.25, 0.3) is 0 Å². The summed E-state index contributed by atoms with van der Waals surface area (Å²) in [6, 6.07) is 9.79. The maximum atomic E-state index is 11.9. The zero-order valence-corrected chi connectivity index (χ0v) is 11.7. The minimum Gasteiger partial charge on any atom is -0.338 e. The van der Waals surface area contributed by atoms with Crippen LogP contribution in [0.5, 0.6) is 0 Å². The van der Waals surface area contributed by atoms with Crippen molar-refractivity contribution < 1.29 is 13.2 Å². The highest BCUT2D eigenvalue weighted by molar-refractivity contribution is 7.88. The monoisotopic (exact) mass is 282 g/mol. The van der Waals surface area contributed by atoms with Crippen LogP contribution in [0.1, 0.15) is 12.0 Å². The number of nitrogens with zero attached hydrogens (tertiary/aromatic N) is 1. The Morgan fingerprint density at radius 1 is 1.32 bits per heavy atom. The summed E-state index contributed by atoms with van der Waals surface area (Å²) in [5.41, 5.74) is 1.09. The number of amides is 1. The average Bonchev–Trinajstić information content (AvgIpc) is 2.68. The number of nitrogens with one attached hydrogen (secondary N) is 1. The molecule has 1 amide bonds. The van der Waals surface area contributed by atoms with Crippen LogP contribution < -0.4 is 4.72 Å². The van der Waals surface area contributed by atoms with E-state index in [0.717, 1.165) is 11.8 Å². The molecule has 1 N–H and O–H groups in total. The molecule has 0 spiro atoms. The van der Waals surface area contributed by atoms with Crippen molar-refractivity contribution >= 4 is 15.9 Å². The first-order chi connectivity index (χ1) is 8.94. The molecule has 0 aliphatic carbocycles. The average molecular weight is 282 g/mol. The summed E-state index contributed by atoms with van der Waals surface area (Å²) in [6.45, 7) is 1.53. The van der Waals surface area contributed by atoms with Gasteiger partial charge in [0.2, 0.25) is 15.9 Å². The van der Waals surface area contributed by atoms with E-state index in [9.17, 15) is 13.2 Å². The van der Waals surface area contributed by atoms with Gasteiger partial charge in [-0.2, -0.15) is 0 Å². The molecule has 1 aliphatic rings. The molecule has 1 atom stereocenters. The number of hydrogen-bond acceptors (Lipinski definition) is 3. The van der Waals surface area contributed by atoms with Crippen LogP contribution in [0.2, 0.25) is 0 Å². The van der Waals surface area contributed by atoms with E-state index in [2.05, 4.69) is 4.72 Å². The van der Waals surface area contributed by atoms with Gasteiger partial charge >= 0.3 is 0 Å². The molecule has 1 fully saturated rings. The van der Waals surface area contributed by atoms with Crippen LogP contribution in [0, 0.1) is 5.92 Å². The molecular weight excluding hydrogens is 264 g/mol. The summed E-state index contributed by atoms with van der Waals surface area (Å²) in [5, 5.41) is 0. The lowest BCUT2D eigenvalue weighted by Crippen LogP contribution is -2.30. The van der Waals surface area contributed by atoms with Crippen molar-refractivity contribution in [2.24, 2.45) is 5.92 Å². The highest BCUT2D eigenvalue weighted by atomic mass is 32.2. The molecule has 1 saturated heterocycles. The van der Waals surface area contributed by atoms with Crippen molar-refractivity contribution in [3.63, 3.8) is 0 Å². The van der Waals surface area contributed by atoms with E-state index in [1.165, 1.54) is 0 Å². The molecule has 1 aliphatic heterocycles. The van der Waals surface area contributed by atoms with Crippen molar-refractivity contribution in [1.29, 1.82) is 0 Å². The molecule has 1 unspecified atom stereocenters. The van der Waals surface area contributed by atoms with Gasteiger partial charge in [0.15, 0.2) is 0 Å². The van der Waals surface area contributed by atoms with Gasteiger partial charge in [-0.1, -0.05) is 30.3 Å². The Bertz CT molecular complexity index is 542. The van der Waals surface area contributed by atoms with Crippen LogP contribution in [-0.4, -0.2) is 38.6 Å². The van der Waals surface area contributed by atoms with Crippen LogP contribution in [0.15, 0.2) is 30.3 Å². The number of carbonyl (C=O) groups excluding carboxylic acids is 1. The fourth-order valence-corrected chi connectivity index (χ4v) is 2.76. The Kier molecular flexibility index (Phi) is 4.21. The van der Waals surface area contributed by atoms with Crippen LogP contribution >= 0.6 is 0 Å². The summed E-state index contributed by atoms with van der Waals surface area (Å²) in [5.74, 6) is 0.148. The third kappa shape index (κ3) is 4.33. The second kappa shape index (κ2) is 5.71. The zero-order valence-electron chi connectivity index (χ0n) is 10.9. The Labute approximate surface area is 113 Å². The van der Waals surface area contributed by atoms with Crippen molar-refractivity contribution in [2.45, 2.75) is 13.0 Å². The van der Waals surface area contributed by atoms with Gasteiger partial charge < -0.3 is 4.90 Å². The van der Waals surface area contributed by atoms with E-state index in [4.69, 9.17) is 0 Å². The minimum absolute atomic E-state index is 0.0611. The number of benzene rings is 1. The quantitative estimate of drug-likeness (QED) is 0.859. The van der Waals surface area contributed by atoms with Gasteiger partial charge in [0.05, 0.1) is 6.26 Å². The normalized spacial score (nSPS) is 19.9. The molecule has 0 bridgehead atoms. The molecule has 2 rings (SSSR count). The van der Waals surface area contributed by atoms with Gasteiger partial charge in [-0.3, -0.25) is 4.79 Å². The van der Waals surface area contributed by atoms with Gasteiger partial charge in [-0.15, -0.1) is 0 Å². The van der Waals surface area contributed by atoms with E-state index in [-0.39, 0.29) is 11.8 Å². The predicted molar refractivity (Wildman–Crippen MR) is 72.8 cm³/mol. The fourth-order valence-electron chi connectivity index (χ4n) is 2.22. The van der Waals surface area contributed by atoms with Gasteiger partial charge in [-0.25, -0.2) is 13.1 Å². The van der Waals surface area contributed by atoms with Gasteiger partial charge in [0.1, 0.15) is 0 Å². The molecule has 6 heteroatoms. The third-order valence-corrected chi connectivity index (χ3v) is 3.84. The van der Waals surface area contributed by atoms with Crippen molar-refractivity contribution in [3.8, 4) is 0 Å². The van der Waals surface area contributed by atoms with Crippen molar-refractivity contribution in [3.05, 3.63) is 35.9 Å². The van der Waals surface area contributed by atoms with E-state index >= 15 is 0 Å². The van der Waals surface area contributed by atoms with E-state index in [1.54, 1.807) is 4.90 Å². The summed E-state index contributed by atoms with van der Waals surface area (Å²) in [4.78, 5) is 13.6. The standard InChI is InChI=1S/C13H18N2O3S/c1-19(17,18)14-8-12-7-13(16)15(10-12)9-11-5-3-2-4-6-11/h2-6,12,14H,7-10H2,1H3. The Morgan fingerprint density at radius 3 is 2.63 bits per heavy atom. The Morgan fingerprint density at radius 2 is 2.00 bits per heavy atom. The summed E-state index contributed by atoms with van der Waals surface area (Å²) in [7, 11) is -3.19. The maximum absolute atomic E-state index is 11.9. The molecule has 0 aromatic heterocycles. The Balaban J connectivity index is 1.89. The Hall–Kier alpha value is -1.40. The highest BCUT2D eigenvalue weighted by Gasteiger charge is 2.29. The summed E-state index contributed by atoms with van der Waals surface area (Å²) < 4.78 is 24.5. The third-order valence-electron chi connectivity index (χ3n) is 3.15. The molecule has 1 heterocycles. The van der Waals surface area contributed by atoms with Crippen molar-refractivity contribution in [1.82, 2.24) is 9.62 Å².